The van der Waals surface area contributed by atoms with Gasteiger partial charge in [-0.2, -0.15) is 5.10 Å². The molecular formula is C17H24N6O. The first-order valence-corrected chi connectivity index (χ1v) is 8.18. The van der Waals surface area contributed by atoms with Crippen LogP contribution in [0, 0.1) is 5.92 Å². The van der Waals surface area contributed by atoms with E-state index in [-0.39, 0.29) is 11.0 Å². The Morgan fingerprint density at radius 3 is 2.58 bits per heavy atom. The van der Waals surface area contributed by atoms with Crippen LogP contribution in [-0.2, 0) is 12.5 Å². The Morgan fingerprint density at radius 1 is 1.25 bits per heavy atom. The zero-order chi connectivity index (χ0) is 17.3. The van der Waals surface area contributed by atoms with Crippen LogP contribution in [0.4, 0.5) is 11.6 Å². The van der Waals surface area contributed by atoms with Gasteiger partial charge in [0.05, 0.1) is 12.0 Å². The van der Waals surface area contributed by atoms with Crippen LogP contribution in [0.5, 0.6) is 0 Å². The van der Waals surface area contributed by atoms with Gasteiger partial charge in [-0.1, -0.05) is 20.8 Å². The van der Waals surface area contributed by atoms with Gasteiger partial charge in [-0.25, -0.2) is 4.98 Å². The van der Waals surface area contributed by atoms with E-state index in [1.807, 2.05) is 6.07 Å². The molecule has 2 aromatic heterocycles. The van der Waals surface area contributed by atoms with Crippen molar-refractivity contribution < 1.29 is 0 Å². The van der Waals surface area contributed by atoms with Crippen molar-refractivity contribution in [2.24, 2.45) is 13.0 Å². The predicted molar refractivity (Wildman–Crippen MR) is 94.4 cm³/mol. The lowest BCUT2D eigenvalue weighted by molar-refractivity contribution is 0.424. The molecule has 1 aliphatic heterocycles. The van der Waals surface area contributed by atoms with E-state index in [0.29, 0.717) is 11.7 Å². The first kappa shape index (κ1) is 16.4. The highest BCUT2D eigenvalue weighted by Crippen LogP contribution is 2.25. The summed E-state index contributed by atoms with van der Waals surface area (Å²) in [6, 6.07) is 5.62. The summed E-state index contributed by atoms with van der Waals surface area (Å²) < 4.78 is 1.45. The SMILES string of the molecule is Cn1cnc(NCC2CN(c3ccc(C(C)(C)C)nn3)C2)cc1=O. The first-order chi connectivity index (χ1) is 11.3. The van der Waals surface area contributed by atoms with Crippen LogP contribution in [0.15, 0.2) is 29.3 Å². The maximum Gasteiger partial charge on any atom is 0.255 e. The van der Waals surface area contributed by atoms with E-state index in [4.69, 9.17) is 0 Å². The second-order valence-corrected chi connectivity index (χ2v) is 7.40. The average molecular weight is 328 g/mol. The fourth-order valence-electron chi connectivity index (χ4n) is 2.59. The van der Waals surface area contributed by atoms with Gasteiger partial charge in [-0.05, 0) is 12.1 Å². The Morgan fingerprint density at radius 2 is 2.00 bits per heavy atom. The highest BCUT2D eigenvalue weighted by atomic mass is 16.1. The van der Waals surface area contributed by atoms with Gasteiger partial charge in [0.15, 0.2) is 5.82 Å². The van der Waals surface area contributed by atoms with E-state index >= 15 is 0 Å². The Balaban J connectivity index is 1.50. The second kappa shape index (κ2) is 6.22. The van der Waals surface area contributed by atoms with E-state index in [9.17, 15) is 4.79 Å². The van der Waals surface area contributed by atoms with Gasteiger partial charge in [0.25, 0.3) is 5.56 Å². The van der Waals surface area contributed by atoms with Crippen LogP contribution in [0.3, 0.4) is 0 Å². The van der Waals surface area contributed by atoms with Crippen LogP contribution in [-0.4, -0.2) is 39.4 Å². The van der Waals surface area contributed by atoms with Crippen LogP contribution in [0.1, 0.15) is 26.5 Å². The van der Waals surface area contributed by atoms with Crippen molar-refractivity contribution in [2.45, 2.75) is 26.2 Å². The van der Waals surface area contributed by atoms with Gasteiger partial charge in [0, 0.05) is 44.1 Å². The minimum absolute atomic E-state index is 0.0205. The van der Waals surface area contributed by atoms with Gasteiger partial charge in [0.1, 0.15) is 5.82 Å². The molecule has 0 atom stereocenters. The van der Waals surface area contributed by atoms with Crippen molar-refractivity contribution >= 4 is 11.6 Å². The smallest absolute Gasteiger partial charge is 0.255 e. The van der Waals surface area contributed by atoms with Gasteiger partial charge >= 0.3 is 0 Å². The van der Waals surface area contributed by atoms with Crippen molar-refractivity contribution in [1.82, 2.24) is 19.7 Å². The number of hydrogen-bond donors (Lipinski definition) is 1. The van der Waals surface area contributed by atoms with Crippen molar-refractivity contribution in [3.8, 4) is 0 Å². The lowest BCUT2D eigenvalue weighted by Crippen LogP contribution is -2.50. The zero-order valence-corrected chi connectivity index (χ0v) is 14.7. The number of aromatic nitrogens is 4. The fraction of sp³-hybridized carbons (Fsp3) is 0.529. The molecule has 7 heteroatoms. The van der Waals surface area contributed by atoms with Crippen molar-refractivity contribution in [3.63, 3.8) is 0 Å². The van der Waals surface area contributed by atoms with Crippen molar-refractivity contribution in [2.75, 3.05) is 29.9 Å². The van der Waals surface area contributed by atoms with Crippen LogP contribution in [0.25, 0.3) is 0 Å². The van der Waals surface area contributed by atoms with Gasteiger partial charge in [-0.15, -0.1) is 5.10 Å². The van der Waals surface area contributed by atoms with Crippen molar-refractivity contribution in [1.29, 1.82) is 0 Å². The highest BCUT2D eigenvalue weighted by Gasteiger charge is 2.28. The first-order valence-electron chi connectivity index (χ1n) is 8.18. The molecule has 0 bridgehead atoms. The number of nitrogens with one attached hydrogen (secondary N) is 1. The largest absolute Gasteiger partial charge is 0.369 e. The topological polar surface area (TPSA) is 75.9 Å². The fourth-order valence-corrected chi connectivity index (χ4v) is 2.59. The molecule has 24 heavy (non-hydrogen) atoms. The number of aryl methyl sites for hydroxylation is 1. The lowest BCUT2D eigenvalue weighted by Gasteiger charge is -2.40. The molecule has 2 aromatic rings. The standard InChI is InChI=1S/C17H24N6O/c1-17(2,3)13-5-6-15(21-20-13)23-9-12(10-23)8-18-14-7-16(24)22(4)11-19-14/h5-7,11-12,18H,8-10H2,1-4H3. The summed E-state index contributed by atoms with van der Waals surface area (Å²) in [7, 11) is 1.69. The van der Waals surface area contributed by atoms with E-state index in [1.54, 1.807) is 7.05 Å². The molecule has 128 valence electrons. The summed E-state index contributed by atoms with van der Waals surface area (Å²) in [6.45, 7) is 9.06. The lowest BCUT2D eigenvalue weighted by atomic mass is 9.92. The van der Waals surface area contributed by atoms with E-state index < -0.39 is 0 Å². The molecule has 0 spiro atoms. The third kappa shape index (κ3) is 3.55. The third-order valence-electron chi connectivity index (χ3n) is 4.25. The van der Waals surface area contributed by atoms with E-state index in [0.717, 1.165) is 31.1 Å². The third-order valence-corrected chi connectivity index (χ3v) is 4.25. The van der Waals surface area contributed by atoms with E-state index in [2.05, 4.69) is 52.2 Å². The molecule has 3 rings (SSSR count). The Hall–Kier alpha value is -2.44. The molecule has 0 aromatic carbocycles. The summed E-state index contributed by atoms with van der Waals surface area (Å²) >= 11 is 0. The highest BCUT2D eigenvalue weighted by molar-refractivity contribution is 5.42. The maximum absolute atomic E-state index is 11.6. The molecule has 7 nitrogen and oxygen atoms in total. The molecule has 0 saturated carbocycles. The van der Waals surface area contributed by atoms with Gasteiger partial charge < -0.3 is 14.8 Å². The minimum atomic E-state index is -0.0584. The molecule has 3 heterocycles. The van der Waals surface area contributed by atoms with Crippen molar-refractivity contribution in [3.05, 3.63) is 40.6 Å². The summed E-state index contributed by atoms with van der Waals surface area (Å²) in [5.41, 5.74) is 0.964. The molecule has 0 unspecified atom stereocenters. The normalized spacial score (nSPS) is 15.2. The zero-order valence-electron chi connectivity index (χ0n) is 14.7. The quantitative estimate of drug-likeness (QED) is 0.915. The molecule has 1 N–H and O–H groups in total. The van der Waals surface area contributed by atoms with Gasteiger partial charge in [-0.3, -0.25) is 4.79 Å². The summed E-state index contributed by atoms with van der Waals surface area (Å²) in [4.78, 5) is 18.0. The van der Waals surface area contributed by atoms with Gasteiger partial charge in [0.2, 0.25) is 0 Å². The monoisotopic (exact) mass is 328 g/mol. The number of nitrogens with zero attached hydrogens (tertiary/aromatic N) is 5. The molecule has 1 aliphatic rings. The Labute approximate surface area is 141 Å². The summed E-state index contributed by atoms with van der Waals surface area (Å²) in [5, 5.41) is 11.9. The molecule has 0 aliphatic carbocycles. The number of rotatable bonds is 4. The molecule has 1 saturated heterocycles. The minimum Gasteiger partial charge on any atom is -0.369 e. The molecule has 1 fully saturated rings. The average Bonchev–Trinajstić information content (AvgIpc) is 2.49. The molecule has 0 radical (unpaired) electrons. The second-order valence-electron chi connectivity index (χ2n) is 7.40. The van der Waals surface area contributed by atoms with Crippen LogP contribution in [0.2, 0.25) is 0 Å². The predicted octanol–water partition coefficient (Wildman–Crippen LogP) is 1.42. The Kier molecular flexibility index (Phi) is 4.26. The Bertz CT molecular complexity index is 756. The number of anilines is 2. The summed E-state index contributed by atoms with van der Waals surface area (Å²) in [6.07, 6.45) is 1.53. The van der Waals surface area contributed by atoms with Crippen LogP contribution >= 0.6 is 0 Å². The van der Waals surface area contributed by atoms with E-state index in [1.165, 1.54) is 17.0 Å². The molecular weight excluding hydrogens is 304 g/mol. The maximum atomic E-state index is 11.6. The summed E-state index contributed by atoms with van der Waals surface area (Å²) in [5.74, 6) is 2.07. The molecule has 0 amide bonds. The number of hydrogen-bond acceptors (Lipinski definition) is 6. The van der Waals surface area contributed by atoms with Crippen LogP contribution < -0.4 is 15.8 Å².